The molecular weight excluding hydrogens is 272 g/mol. The maximum atomic E-state index is 5.51. The van der Waals surface area contributed by atoms with Crippen LogP contribution in [0.4, 0.5) is 0 Å². The molecule has 0 fully saturated rings. The van der Waals surface area contributed by atoms with Crippen molar-refractivity contribution in [2.24, 2.45) is 5.73 Å². The highest BCUT2D eigenvalue weighted by Gasteiger charge is 2.01. The summed E-state index contributed by atoms with van der Waals surface area (Å²) in [6.07, 6.45) is 2.74. The van der Waals surface area contributed by atoms with Crippen LogP contribution in [0, 0.1) is 0 Å². The zero-order valence-corrected chi connectivity index (χ0v) is 11.9. The van der Waals surface area contributed by atoms with E-state index < -0.39 is 0 Å². The fraction of sp³-hybridized carbons (Fsp3) is 0.200. The van der Waals surface area contributed by atoms with Gasteiger partial charge >= 0.3 is 0 Å². The molecule has 0 bridgehead atoms. The van der Waals surface area contributed by atoms with E-state index in [1.165, 1.54) is 16.3 Å². The first-order chi connectivity index (χ1) is 9.35. The van der Waals surface area contributed by atoms with Gasteiger partial charge in [-0.2, -0.15) is 0 Å². The molecule has 0 radical (unpaired) electrons. The normalized spacial score (nSPS) is 10.4. The van der Waals surface area contributed by atoms with Crippen LogP contribution in [-0.2, 0) is 13.0 Å². The minimum atomic E-state index is 0. The molecule has 4 nitrogen and oxygen atoms in total. The highest BCUT2D eigenvalue weighted by Crippen LogP contribution is 2.16. The minimum absolute atomic E-state index is 0. The largest absolute Gasteiger partial charge is 0.330 e. The molecular formula is C15H17ClN4. The van der Waals surface area contributed by atoms with E-state index in [4.69, 9.17) is 5.73 Å². The summed E-state index contributed by atoms with van der Waals surface area (Å²) in [6.45, 7) is 1.34. The third-order valence-corrected chi connectivity index (χ3v) is 3.15. The molecule has 0 aliphatic carbocycles. The lowest BCUT2D eigenvalue weighted by molar-refractivity contribution is 0.649. The Kier molecular flexibility index (Phi) is 4.71. The van der Waals surface area contributed by atoms with Crippen LogP contribution in [-0.4, -0.2) is 21.5 Å². The number of fused-ring (bicyclic) bond motifs is 1. The summed E-state index contributed by atoms with van der Waals surface area (Å²) in [5, 5.41) is 10.7. The zero-order valence-electron chi connectivity index (χ0n) is 11.1. The lowest BCUT2D eigenvalue weighted by Crippen LogP contribution is -2.02. The molecule has 0 atom stereocenters. The third-order valence-electron chi connectivity index (χ3n) is 3.15. The van der Waals surface area contributed by atoms with Crippen molar-refractivity contribution in [1.82, 2.24) is 15.0 Å². The van der Waals surface area contributed by atoms with E-state index in [-0.39, 0.29) is 12.4 Å². The second kappa shape index (κ2) is 6.50. The van der Waals surface area contributed by atoms with Gasteiger partial charge in [0.25, 0.3) is 0 Å². The number of halogens is 1. The highest BCUT2D eigenvalue weighted by atomic mass is 35.5. The average molecular weight is 289 g/mol. The summed E-state index contributed by atoms with van der Waals surface area (Å²) in [5.74, 6) is 0. The number of benzene rings is 2. The average Bonchev–Trinajstić information content (AvgIpc) is 2.86. The van der Waals surface area contributed by atoms with Crippen molar-refractivity contribution >= 4 is 23.2 Å². The van der Waals surface area contributed by atoms with Crippen LogP contribution < -0.4 is 5.73 Å². The second-order valence-corrected chi connectivity index (χ2v) is 4.63. The van der Waals surface area contributed by atoms with E-state index in [0.29, 0.717) is 6.54 Å². The molecule has 2 aromatic carbocycles. The number of hydrogen-bond donors (Lipinski definition) is 1. The molecule has 20 heavy (non-hydrogen) atoms. The summed E-state index contributed by atoms with van der Waals surface area (Å²) < 4.78 is 1.86. The van der Waals surface area contributed by atoms with Crippen LogP contribution in [0.1, 0.15) is 11.3 Å². The zero-order chi connectivity index (χ0) is 13.1. The SMILES string of the molecule is Cl.NCCc1cn(Cc2ccc3ccccc3c2)nn1. The van der Waals surface area contributed by atoms with Crippen LogP contribution in [0.3, 0.4) is 0 Å². The van der Waals surface area contributed by atoms with Crippen LogP contribution in [0.5, 0.6) is 0 Å². The lowest BCUT2D eigenvalue weighted by atomic mass is 10.1. The van der Waals surface area contributed by atoms with Gasteiger partial charge in [0.15, 0.2) is 0 Å². The Morgan fingerprint density at radius 1 is 1.05 bits per heavy atom. The minimum Gasteiger partial charge on any atom is -0.330 e. The van der Waals surface area contributed by atoms with E-state index in [0.717, 1.165) is 18.7 Å². The predicted molar refractivity (Wildman–Crippen MR) is 83.1 cm³/mol. The molecule has 0 amide bonds. The number of rotatable bonds is 4. The standard InChI is InChI=1S/C15H16N4.ClH/c16-8-7-15-11-19(18-17-15)10-12-5-6-13-3-1-2-4-14(13)9-12;/h1-6,9,11H,7-8,10,16H2;1H. The Morgan fingerprint density at radius 2 is 1.85 bits per heavy atom. The Morgan fingerprint density at radius 3 is 2.65 bits per heavy atom. The number of aromatic nitrogens is 3. The molecule has 0 saturated carbocycles. The van der Waals surface area contributed by atoms with Gasteiger partial charge in [0.2, 0.25) is 0 Å². The second-order valence-electron chi connectivity index (χ2n) is 4.63. The first-order valence-electron chi connectivity index (χ1n) is 6.42. The van der Waals surface area contributed by atoms with E-state index in [1.54, 1.807) is 0 Å². The van der Waals surface area contributed by atoms with E-state index in [2.05, 4.69) is 52.8 Å². The fourth-order valence-corrected chi connectivity index (χ4v) is 2.20. The van der Waals surface area contributed by atoms with Gasteiger partial charge in [-0.3, -0.25) is 0 Å². The molecule has 0 aliphatic heterocycles. The van der Waals surface area contributed by atoms with Crippen molar-refractivity contribution < 1.29 is 0 Å². The van der Waals surface area contributed by atoms with Crippen LogP contribution >= 0.6 is 12.4 Å². The molecule has 2 N–H and O–H groups in total. The van der Waals surface area contributed by atoms with Gasteiger partial charge in [-0.1, -0.05) is 41.6 Å². The number of hydrogen-bond acceptors (Lipinski definition) is 3. The van der Waals surface area contributed by atoms with Crippen molar-refractivity contribution in [2.45, 2.75) is 13.0 Å². The number of nitrogens with zero attached hydrogens (tertiary/aromatic N) is 3. The molecule has 5 heteroatoms. The monoisotopic (exact) mass is 288 g/mol. The van der Waals surface area contributed by atoms with Gasteiger partial charge in [0.1, 0.15) is 0 Å². The predicted octanol–water partition coefficient (Wildman–Crippen LogP) is 2.40. The first-order valence-corrected chi connectivity index (χ1v) is 6.42. The molecule has 0 aliphatic rings. The van der Waals surface area contributed by atoms with Gasteiger partial charge in [-0.25, -0.2) is 4.68 Å². The lowest BCUT2D eigenvalue weighted by Gasteiger charge is -2.03. The van der Waals surface area contributed by atoms with Crippen molar-refractivity contribution in [3.05, 3.63) is 59.9 Å². The third kappa shape index (κ3) is 3.15. The van der Waals surface area contributed by atoms with E-state index in [1.807, 2.05) is 10.9 Å². The summed E-state index contributed by atoms with van der Waals surface area (Å²) in [5.41, 5.74) is 7.68. The number of nitrogens with two attached hydrogens (primary N) is 1. The molecule has 0 saturated heterocycles. The molecule has 3 rings (SSSR count). The smallest absolute Gasteiger partial charge is 0.0839 e. The Balaban J connectivity index is 0.00000147. The maximum absolute atomic E-state index is 5.51. The van der Waals surface area contributed by atoms with Crippen LogP contribution in [0.25, 0.3) is 10.8 Å². The van der Waals surface area contributed by atoms with Crippen molar-refractivity contribution in [3.8, 4) is 0 Å². The molecule has 0 spiro atoms. The Hall–Kier alpha value is -1.91. The molecule has 104 valence electrons. The Labute approximate surface area is 124 Å². The Bertz CT molecular complexity index is 693. The van der Waals surface area contributed by atoms with Crippen molar-refractivity contribution in [3.63, 3.8) is 0 Å². The summed E-state index contributed by atoms with van der Waals surface area (Å²) >= 11 is 0. The van der Waals surface area contributed by atoms with Crippen molar-refractivity contribution in [2.75, 3.05) is 6.54 Å². The van der Waals surface area contributed by atoms with Crippen molar-refractivity contribution in [1.29, 1.82) is 0 Å². The molecule has 1 aromatic heterocycles. The molecule has 3 aromatic rings. The summed E-state index contributed by atoms with van der Waals surface area (Å²) in [6, 6.07) is 14.8. The van der Waals surface area contributed by atoms with Gasteiger partial charge in [-0.05, 0) is 28.9 Å². The van der Waals surface area contributed by atoms with Gasteiger partial charge in [0, 0.05) is 12.6 Å². The van der Waals surface area contributed by atoms with E-state index >= 15 is 0 Å². The molecule has 0 unspecified atom stereocenters. The van der Waals surface area contributed by atoms with E-state index in [9.17, 15) is 0 Å². The van der Waals surface area contributed by atoms with Crippen LogP contribution in [0.15, 0.2) is 48.7 Å². The molecule has 1 heterocycles. The summed E-state index contributed by atoms with van der Waals surface area (Å²) in [7, 11) is 0. The van der Waals surface area contributed by atoms with Gasteiger partial charge in [-0.15, -0.1) is 17.5 Å². The van der Waals surface area contributed by atoms with Crippen LogP contribution in [0.2, 0.25) is 0 Å². The highest BCUT2D eigenvalue weighted by molar-refractivity contribution is 5.85. The van der Waals surface area contributed by atoms with Gasteiger partial charge in [0.05, 0.1) is 12.2 Å². The maximum Gasteiger partial charge on any atom is 0.0839 e. The fourth-order valence-electron chi connectivity index (χ4n) is 2.20. The van der Waals surface area contributed by atoms with Gasteiger partial charge < -0.3 is 5.73 Å². The summed E-state index contributed by atoms with van der Waals surface area (Å²) in [4.78, 5) is 0. The topological polar surface area (TPSA) is 56.7 Å². The quantitative estimate of drug-likeness (QED) is 0.802. The first kappa shape index (κ1) is 14.5.